The van der Waals surface area contributed by atoms with E-state index in [0.29, 0.717) is 0 Å². The summed E-state index contributed by atoms with van der Waals surface area (Å²) in [6, 6.07) is 6.26. The highest BCUT2D eigenvalue weighted by Gasteiger charge is 2.11. The van der Waals surface area contributed by atoms with Gasteiger partial charge in [0.2, 0.25) is 0 Å². The van der Waals surface area contributed by atoms with E-state index < -0.39 is 0 Å². The molecule has 2 aromatic rings. The summed E-state index contributed by atoms with van der Waals surface area (Å²) < 4.78 is 7.33. The van der Waals surface area contributed by atoms with Crippen molar-refractivity contribution in [2.45, 2.75) is 12.8 Å². The lowest BCUT2D eigenvalue weighted by molar-refractivity contribution is 0.414. The van der Waals surface area contributed by atoms with Crippen LogP contribution in [0.4, 0.5) is 0 Å². The first-order valence-corrected chi connectivity index (χ1v) is 5.72. The lowest BCUT2D eigenvalue weighted by atomic mass is 9.95. The molecular formula is C14H15ClN2O. The van der Waals surface area contributed by atoms with Crippen molar-refractivity contribution in [3.05, 3.63) is 48.0 Å². The number of hydrogen-bond acceptors (Lipinski definition) is 2. The Morgan fingerprint density at radius 2 is 2.17 bits per heavy atom. The van der Waals surface area contributed by atoms with E-state index in [1.807, 2.05) is 24.8 Å². The van der Waals surface area contributed by atoms with Crippen molar-refractivity contribution in [3.8, 4) is 5.75 Å². The van der Waals surface area contributed by atoms with Gasteiger partial charge in [-0.1, -0.05) is 6.07 Å². The largest absolute Gasteiger partial charge is 0.497 e. The minimum absolute atomic E-state index is 0. The molecule has 1 aromatic heterocycles. The number of halogens is 1. The summed E-state index contributed by atoms with van der Waals surface area (Å²) >= 11 is 0. The van der Waals surface area contributed by atoms with Crippen molar-refractivity contribution < 1.29 is 4.74 Å². The van der Waals surface area contributed by atoms with Crippen LogP contribution in [-0.2, 0) is 6.42 Å². The van der Waals surface area contributed by atoms with Crippen LogP contribution >= 0.6 is 12.4 Å². The SMILES string of the molecule is COc1ccc2c(c1)C=C(n1ccnc1)CC2.Cl. The fourth-order valence-corrected chi connectivity index (χ4v) is 2.21. The molecule has 0 saturated heterocycles. The molecule has 3 nitrogen and oxygen atoms in total. The van der Waals surface area contributed by atoms with Crippen LogP contribution in [-0.4, -0.2) is 16.7 Å². The maximum absolute atomic E-state index is 5.26. The van der Waals surface area contributed by atoms with E-state index in [-0.39, 0.29) is 12.4 Å². The van der Waals surface area contributed by atoms with Gasteiger partial charge in [-0.25, -0.2) is 4.98 Å². The second-order valence-corrected chi connectivity index (χ2v) is 4.17. The zero-order valence-corrected chi connectivity index (χ0v) is 11.0. The minimum Gasteiger partial charge on any atom is -0.497 e. The van der Waals surface area contributed by atoms with Crippen molar-refractivity contribution in [3.63, 3.8) is 0 Å². The van der Waals surface area contributed by atoms with E-state index in [0.717, 1.165) is 18.6 Å². The van der Waals surface area contributed by atoms with Gasteiger partial charge >= 0.3 is 0 Å². The molecule has 94 valence electrons. The number of benzene rings is 1. The number of imidazole rings is 1. The standard InChI is InChI=1S/C14H14N2O.ClH/c1-17-14-5-3-11-2-4-13(8-12(11)9-14)16-7-6-15-10-16;/h3,5-10H,2,4H2,1H3;1H. The number of rotatable bonds is 2. The van der Waals surface area contributed by atoms with Crippen LogP contribution < -0.4 is 4.74 Å². The van der Waals surface area contributed by atoms with Crippen LogP contribution in [0, 0.1) is 0 Å². The quantitative estimate of drug-likeness (QED) is 0.831. The highest BCUT2D eigenvalue weighted by molar-refractivity contribution is 5.85. The molecule has 0 aliphatic heterocycles. The van der Waals surface area contributed by atoms with Gasteiger partial charge in [0.1, 0.15) is 5.75 Å². The first-order valence-electron chi connectivity index (χ1n) is 5.72. The Labute approximate surface area is 113 Å². The molecular weight excluding hydrogens is 248 g/mol. The summed E-state index contributed by atoms with van der Waals surface area (Å²) in [5.74, 6) is 0.909. The normalized spacial score (nSPS) is 13.3. The summed E-state index contributed by atoms with van der Waals surface area (Å²) in [6.45, 7) is 0. The van der Waals surface area contributed by atoms with Gasteiger partial charge in [-0.2, -0.15) is 0 Å². The van der Waals surface area contributed by atoms with Gasteiger partial charge in [-0.3, -0.25) is 0 Å². The van der Waals surface area contributed by atoms with Crippen LogP contribution in [0.3, 0.4) is 0 Å². The summed E-state index contributed by atoms with van der Waals surface area (Å²) in [5.41, 5.74) is 3.91. The third-order valence-corrected chi connectivity index (χ3v) is 3.16. The highest BCUT2D eigenvalue weighted by atomic mass is 35.5. The lowest BCUT2D eigenvalue weighted by Gasteiger charge is -2.17. The van der Waals surface area contributed by atoms with E-state index in [2.05, 4.69) is 27.8 Å². The molecule has 0 N–H and O–H groups in total. The van der Waals surface area contributed by atoms with E-state index in [4.69, 9.17) is 4.74 Å². The molecule has 0 saturated carbocycles. The maximum atomic E-state index is 5.26. The fraction of sp³-hybridized carbons (Fsp3) is 0.214. The van der Waals surface area contributed by atoms with E-state index in [1.165, 1.54) is 16.8 Å². The van der Waals surface area contributed by atoms with Gasteiger partial charge in [0.05, 0.1) is 13.4 Å². The molecule has 0 atom stereocenters. The average molecular weight is 263 g/mol. The number of fused-ring (bicyclic) bond motifs is 1. The van der Waals surface area contributed by atoms with Gasteiger partial charge in [0.15, 0.2) is 0 Å². The molecule has 1 aromatic carbocycles. The molecule has 4 heteroatoms. The molecule has 1 heterocycles. The molecule has 1 aliphatic rings. The summed E-state index contributed by atoms with van der Waals surface area (Å²) in [6.07, 6.45) is 9.97. The third kappa shape index (κ3) is 2.27. The van der Waals surface area contributed by atoms with Crippen molar-refractivity contribution >= 4 is 24.2 Å². The van der Waals surface area contributed by atoms with Crippen LogP contribution in [0.15, 0.2) is 36.9 Å². The maximum Gasteiger partial charge on any atom is 0.119 e. The predicted molar refractivity (Wildman–Crippen MR) is 75.0 cm³/mol. The Balaban J connectivity index is 0.00000120. The Bertz CT molecular complexity index is 561. The fourth-order valence-electron chi connectivity index (χ4n) is 2.21. The number of methoxy groups -OCH3 is 1. The average Bonchev–Trinajstić information content (AvgIpc) is 2.91. The highest BCUT2D eigenvalue weighted by Crippen LogP contribution is 2.29. The smallest absolute Gasteiger partial charge is 0.119 e. The molecule has 3 rings (SSSR count). The molecule has 18 heavy (non-hydrogen) atoms. The Hall–Kier alpha value is -1.74. The molecule has 0 radical (unpaired) electrons. The van der Waals surface area contributed by atoms with Gasteiger partial charge < -0.3 is 9.30 Å². The first-order chi connectivity index (χ1) is 8.36. The van der Waals surface area contributed by atoms with Crippen molar-refractivity contribution in [2.75, 3.05) is 7.11 Å². The van der Waals surface area contributed by atoms with Crippen LogP contribution in [0.25, 0.3) is 11.8 Å². The molecule has 0 amide bonds. The van der Waals surface area contributed by atoms with Gasteiger partial charge in [0, 0.05) is 18.1 Å². The van der Waals surface area contributed by atoms with E-state index in [9.17, 15) is 0 Å². The Morgan fingerprint density at radius 3 is 2.89 bits per heavy atom. The van der Waals surface area contributed by atoms with E-state index >= 15 is 0 Å². The van der Waals surface area contributed by atoms with Crippen LogP contribution in [0.2, 0.25) is 0 Å². The van der Waals surface area contributed by atoms with Crippen molar-refractivity contribution in [2.24, 2.45) is 0 Å². The van der Waals surface area contributed by atoms with Crippen LogP contribution in [0.5, 0.6) is 5.75 Å². The number of allylic oxidation sites excluding steroid dienone is 1. The lowest BCUT2D eigenvalue weighted by Crippen LogP contribution is -2.03. The number of ether oxygens (including phenoxy) is 1. The summed E-state index contributed by atoms with van der Waals surface area (Å²) in [5, 5.41) is 0. The Kier molecular flexibility index (Phi) is 3.72. The van der Waals surface area contributed by atoms with E-state index in [1.54, 1.807) is 7.11 Å². The van der Waals surface area contributed by atoms with Crippen LogP contribution in [0.1, 0.15) is 17.5 Å². The third-order valence-electron chi connectivity index (χ3n) is 3.16. The second-order valence-electron chi connectivity index (χ2n) is 4.17. The summed E-state index contributed by atoms with van der Waals surface area (Å²) in [4.78, 5) is 4.08. The molecule has 1 aliphatic carbocycles. The number of nitrogens with zero attached hydrogens (tertiary/aromatic N) is 2. The number of aromatic nitrogens is 2. The molecule has 0 spiro atoms. The zero-order valence-electron chi connectivity index (χ0n) is 10.2. The van der Waals surface area contributed by atoms with Gasteiger partial charge in [0.25, 0.3) is 0 Å². The predicted octanol–water partition coefficient (Wildman–Crippen LogP) is 3.26. The number of hydrogen-bond donors (Lipinski definition) is 0. The molecule has 0 unspecified atom stereocenters. The van der Waals surface area contributed by atoms with Crippen molar-refractivity contribution in [1.82, 2.24) is 9.55 Å². The minimum atomic E-state index is 0. The van der Waals surface area contributed by atoms with Gasteiger partial charge in [-0.05, 0) is 42.2 Å². The van der Waals surface area contributed by atoms with Gasteiger partial charge in [-0.15, -0.1) is 12.4 Å². The van der Waals surface area contributed by atoms with Crippen molar-refractivity contribution in [1.29, 1.82) is 0 Å². The zero-order chi connectivity index (χ0) is 11.7. The Morgan fingerprint density at radius 1 is 1.28 bits per heavy atom. The first kappa shape index (κ1) is 12.7. The second kappa shape index (κ2) is 5.27. The molecule has 0 bridgehead atoms. The monoisotopic (exact) mass is 262 g/mol. The topological polar surface area (TPSA) is 27.1 Å². The number of aryl methyl sites for hydroxylation is 1. The molecule has 0 fully saturated rings. The summed E-state index contributed by atoms with van der Waals surface area (Å²) in [7, 11) is 1.70.